The monoisotopic (exact) mass is 304 g/mol. The molecule has 0 spiro atoms. The molecule has 118 valence electrons. The normalized spacial score (nSPS) is 36.4. The molecular formula is C16H20N2O4. The third kappa shape index (κ3) is 2.00. The van der Waals surface area contributed by atoms with E-state index in [-0.39, 0.29) is 54.4 Å². The number of ether oxygens (including phenoxy) is 1. The van der Waals surface area contributed by atoms with Gasteiger partial charge in [-0.1, -0.05) is 12.2 Å². The van der Waals surface area contributed by atoms with Crippen molar-refractivity contribution in [3.05, 3.63) is 12.2 Å². The predicted molar refractivity (Wildman–Crippen MR) is 76.5 cm³/mol. The summed E-state index contributed by atoms with van der Waals surface area (Å²) < 4.78 is 5.22. The van der Waals surface area contributed by atoms with Crippen LogP contribution in [-0.4, -0.2) is 60.4 Å². The molecule has 6 nitrogen and oxygen atoms in total. The molecular weight excluding hydrogens is 284 g/mol. The lowest BCUT2D eigenvalue weighted by Crippen LogP contribution is -2.43. The predicted octanol–water partition coefficient (Wildman–Crippen LogP) is 0.0424. The number of fused-ring (bicyclic) bond motifs is 5. The molecule has 2 bridgehead atoms. The van der Waals surface area contributed by atoms with Gasteiger partial charge in [-0.05, 0) is 18.3 Å². The molecule has 6 heteroatoms. The van der Waals surface area contributed by atoms with Crippen LogP contribution in [0.25, 0.3) is 0 Å². The van der Waals surface area contributed by atoms with Gasteiger partial charge in [0.25, 0.3) is 0 Å². The Hall–Kier alpha value is -1.69. The Labute approximate surface area is 129 Å². The van der Waals surface area contributed by atoms with Crippen LogP contribution in [0.3, 0.4) is 0 Å². The summed E-state index contributed by atoms with van der Waals surface area (Å²) in [6.07, 6.45) is 5.33. The molecule has 0 aromatic rings. The van der Waals surface area contributed by atoms with E-state index in [1.165, 1.54) is 4.90 Å². The van der Waals surface area contributed by atoms with E-state index in [9.17, 15) is 14.4 Å². The van der Waals surface area contributed by atoms with Crippen LogP contribution in [0, 0.1) is 23.7 Å². The molecule has 2 aliphatic carbocycles. The third-order valence-corrected chi connectivity index (χ3v) is 5.47. The van der Waals surface area contributed by atoms with Crippen molar-refractivity contribution in [1.82, 2.24) is 9.80 Å². The summed E-state index contributed by atoms with van der Waals surface area (Å²) in [6.45, 7) is 2.54. The minimum atomic E-state index is -0.166. The van der Waals surface area contributed by atoms with E-state index in [0.29, 0.717) is 26.3 Å². The van der Waals surface area contributed by atoms with Gasteiger partial charge in [-0.3, -0.25) is 19.3 Å². The van der Waals surface area contributed by atoms with Gasteiger partial charge in [0.15, 0.2) is 0 Å². The topological polar surface area (TPSA) is 66.9 Å². The van der Waals surface area contributed by atoms with Gasteiger partial charge >= 0.3 is 0 Å². The molecule has 3 amide bonds. The van der Waals surface area contributed by atoms with Crippen molar-refractivity contribution in [3.8, 4) is 0 Å². The van der Waals surface area contributed by atoms with E-state index in [0.717, 1.165) is 6.42 Å². The molecule has 0 N–H and O–H groups in total. The summed E-state index contributed by atoms with van der Waals surface area (Å²) in [5.74, 6) is -0.00919. The highest BCUT2D eigenvalue weighted by molar-refractivity contribution is 6.06. The van der Waals surface area contributed by atoms with E-state index in [4.69, 9.17) is 4.74 Å². The summed E-state index contributed by atoms with van der Waals surface area (Å²) in [6, 6.07) is 0. The second kappa shape index (κ2) is 5.19. The summed E-state index contributed by atoms with van der Waals surface area (Å²) in [7, 11) is 0. The average molecular weight is 304 g/mol. The maximum atomic E-state index is 12.5. The van der Waals surface area contributed by atoms with Crippen LogP contribution in [0.1, 0.15) is 12.8 Å². The number of imide groups is 1. The number of likely N-dealkylation sites (tertiary alicyclic amines) is 1. The first-order valence-electron chi connectivity index (χ1n) is 8.06. The van der Waals surface area contributed by atoms with Crippen molar-refractivity contribution in [2.45, 2.75) is 12.8 Å². The number of allylic oxidation sites excluding steroid dienone is 2. The number of nitrogens with zero attached hydrogens (tertiary/aromatic N) is 2. The van der Waals surface area contributed by atoms with Crippen LogP contribution in [0.4, 0.5) is 0 Å². The van der Waals surface area contributed by atoms with Crippen molar-refractivity contribution in [1.29, 1.82) is 0 Å². The van der Waals surface area contributed by atoms with Gasteiger partial charge in [0.2, 0.25) is 17.7 Å². The first kappa shape index (κ1) is 13.9. The second-order valence-electron chi connectivity index (χ2n) is 6.57. The van der Waals surface area contributed by atoms with Gasteiger partial charge in [0.1, 0.15) is 0 Å². The van der Waals surface area contributed by atoms with Crippen molar-refractivity contribution in [2.24, 2.45) is 23.7 Å². The molecule has 4 rings (SSSR count). The molecule has 3 fully saturated rings. The van der Waals surface area contributed by atoms with Crippen molar-refractivity contribution in [3.63, 3.8) is 0 Å². The molecule has 0 aromatic heterocycles. The Balaban J connectivity index is 1.39. The van der Waals surface area contributed by atoms with Crippen LogP contribution in [0.2, 0.25) is 0 Å². The zero-order valence-corrected chi connectivity index (χ0v) is 12.4. The molecule has 1 saturated carbocycles. The number of hydrogen-bond donors (Lipinski definition) is 0. The summed E-state index contributed by atoms with van der Waals surface area (Å²) >= 11 is 0. The standard InChI is InChI=1S/C16H20N2O4/c19-12(17-5-7-22-8-6-17)3-4-18-15(20)13-10-1-2-11(9-10)14(13)16(18)21/h1-2,10-11,13-14H,3-9H2/t10-,11+,13-,14+. The third-order valence-electron chi connectivity index (χ3n) is 5.47. The summed E-state index contributed by atoms with van der Waals surface area (Å²) in [5.41, 5.74) is 0. The number of morpholine rings is 1. The fourth-order valence-corrected chi connectivity index (χ4v) is 4.36. The number of rotatable bonds is 3. The van der Waals surface area contributed by atoms with Crippen molar-refractivity contribution >= 4 is 17.7 Å². The first-order chi connectivity index (χ1) is 10.7. The number of carbonyl (C=O) groups is 3. The summed E-state index contributed by atoms with van der Waals surface area (Å²) in [5, 5.41) is 0. The highest BCUT2D eigenvalue weighted by Gasteiger charge is 2.59. The molecule has 4 aliphatic rings. The van der Waals surface area contributed by atoms with Crippen LogP contribution >= 0.6 is 0 Å². The first-order valence-corrected chi connectivity index (χ1v) is 8.06. The van der Waals surface area contributed by atoms with E-state index in [2.05, 4.69) is 12.2 Å². The largest absolute Gasteiger partial charge is 0.378 e. The minimum Gasteiger partial charge on any atom is -0.378 e. The van der Waals surface area contributed by atoms with Crippen LogP contribution < -0.4 is 0 Å². The zero-order chi connectivity index (χ0) is 15.3. The molecule has 2 heterocycles. The number of hydrogen-bond acceptors (Lipinski definition) is 4. The molecule has 2 saturated heterocycles. The zero-order valence-electron chi connectivity index (χ0n) is 12.4. The van der Waals surface area contributed by atoms with Gasteiger partial charge in [0, 0.05) is 26.1 Å². The van der Waals surface area contributed by atoms with E-state index < -0.39 is 0 Å². The molecule has 0 unspecified atom stereocenters. The maximum Gasteiger partial charge on any atom is 0.233 e. The van der Waals surface area contributed by atoms with E-state index in [1.807, 2.05) is 0 Å². The van der Waals surface area contributed by atoms with Crippen LogP contribution in [-0.2, 0) is 19.1 Å². The van der Waals surface area contributed by atoms with Crippen molar-refractivity contribution in [2.75, 3.05) is 32.8 Å². The number of carbonyl (C=O) groups excluding carboxylic acids is 3. The lowest BCUT2D eigenvalue weighted by molar-refractivity contribution is -0.142. The average Bonchev–Trinajstić information content (AvgIpc) is 3.21. The Kier molecular flexibility index (Phi) is 3.29. The van der Waals surface area contributed by atoms with Gasteiger partial charge in [-0.2, -0.15) is 0 Å². The molecule has 0 aromatic carbocycles. The maximum absolute atomic E-state index is 12.5. The lowest BCUT2D eigenvalue weighted by atomic mass is 9.85. The smallest absolute Gasteiger partial charge is 0.233 e. The molecule has 2 aliphatic heterocycles. The Morgan fingerprint density at radius 2 is 1.68 bits per heavy atom. The lowest BCUT2D eigenvalue weighted by Gasteiger charge is -2.27. The van der Waals surface area contributed by atoms with E-state index in [1.54, 1.807) is 4.90 Å². The highest BCUT2D eigenvalue weighted by Crippen LogP contribution is 2.52. The number of amides is 3. The summed E-state index contributed by atoms with van der Waals surface area (Å²) in [4.78, 5) is 40.3. The van der Waals surface area contributed by atoms with E-state index >= 15 is 0 Å². The van der Waals surface area contributed by atoms with Crippen LogP contribution in [0.5, 0.6) is 0 Å². The fourth-order valence-electron chi connectivity index (χ4n) is 4.36. The second-order valence-corrected chi connectivity index (χ2v) is 6.57. The van der Waals surface area contributed by atoms with Gasteiger partial charge in [-0.15, -0.1) is 0 Å². The SMILES string of the molecule is O=C(CCN1C(=O)[C@@H]2[C@H](C1=O)[C@@H]1C=C[C@H]2C1)N1CCOCC1. The highest BCUT2D eigenvalue weighted by atomic mass is 16.5. The fraction of sp³-hybridized carbons (Fsp3) is 0.688. The van der Waals surface area contributed by atoms with Gasteiger partial charge in [0.05, 0.1) is 25.0 Å². The Morgan fingerprint density at radius 1 is 1.09 bits per heavy atom. The molecule has 22 heavy (non-hydrogen) atoms. The molecule has 4 atom stereocenters. The molecule has 0 radical (unpaired) electrons. The Morgan fingerprint density at radius 3 is 2.27 bits per heavy atom. The minimum absolute atomic E-state index is 0.00190. The van der Waals surface area contributed by atoms with Gasteiger partial charge < -0.3 is 9.64 Å². The van der Waals surface area contributed by atoms with Crippen LogP contribution in [0.15, 0.2) is 12.2 Å². The van der Waals surface area contributed by atoms with Gasteiger partial charge in [-0.25, -0.2) is 0 Å². The van der Waals surface area contributed by atoms with Crippen molar-refractivity contribution < 1.29 is 19.1 Å². The Bertz CT molecular complexity index is 522. The quantitative estimate of drug-likeness (QED) is 0.545.